The molecule has 1 saturated heterocycles. The summed E-state index contributed by atoms with van der Waals surface area (Å²) in [6.45, 7) is 3.63. The second-order valence-corrected chi connectivity index (χ2v) is 7.46. The van der Waals surface area contributed by atoms with Gasteiger partial charge in [0.1, 0.15) is 13.2 Å². The van der Waals surface area contributed by atoms with Crippen LogP contribution in [0.2, 0.25) is 0 Å². The molecule has 0 N–H and O–H groups in total. The molecule has 2 aromatic rings. The Morgan fingerprint density at radius 1 is 0.871 bits per heavy atom. The van der Waals surface area contributed by atoms with E-state index in [1.807, 2.05) is 26.0 Å². The van der Waals surface area contributed by atoms with Gasteiger partial charge in [-0.25, -0.2) is 9.59 Å². The van der Waals surface area contributed by atoms with Crippen LogP contribution in [0.3, 0.4) is 0 Å². The van der Waals surface area contributed by atoms with Crippen molar-refractivity contribution in [3.8, 4) is 0 Å². The lowest BCUT2D eigenvalue weighted by Crippen LogP contribution is -2.62. The average molecular weight is 428 g/mol. The number of carbonyl (C=O) groups excluding carboxylic acids is 3. The van der Waals surface area contributed by atoms with E-state index in [-0.39, 0.29) is 25.6 Å². The number of hydrogen-bond donors (Lipinski definition) is 0. The first-order valence-corrected chi connectivity index (χ1v) is 9.90. The topological polar surface area (TPSA) is 97.4 Å². The Labute approximate surface area is 180 Å². The molecule has 0 saturated carbocycles. The Balaban J connectivity index is 1.64. The third kappa shape index (κ3) is 5.97. The number of cyclic esters (lactones) is 1. The van der Waals surface area contributed by atoms with Crippen molar-refractivity contribution in [1.29, 1.82) is 0 Å². The maximum Gasteiger partial charge on any atom is 0.514 e. The van der Waals surface area contributed by atoms with E-state index in [9.17, 15) is 14.4 Å². The molecule has 0 unspecified atom stereocenters. The van der Waals surface area contributed by atoms with E-state index in [1.165, 1.54) is 0 Å². The lowest BCUT2D eigenvalue weighted by atomic mass is 9.91. The maximum atomic E-state index is 12.3. The summed E-state index contributed by atoms with van der Waals surface area (Å²) >= 11 is 0. The minimum absolute atomic E-state index is 0.0464. The van der Waals surface area contributed by atoms with Crippen molar-refractivity contribution in [3.05, 3.63) is 71.8 Å². The highest BCUT2D eigenvalue weighted by Gasteiger charge is 2.65. The fraction of sp³-hybridized carbons (Fsp3) is 0.348. The smallest absolute Gasteiger partial charge is 0.429 e. The first-order chi connectivity index (χ1) is 14.9. The van der Waals surface area contributed by atoms with E-state index < -0.39 is 30.2 Å². The number of hydrogen-bond acceptors (Lipinski definition) is 8. The van der Waals surface area contributed by atoms with E-state index in [2.05, 4.69) is 0 Å². The summed E-state index contributed by atoms with van der Waals surface area (Å²) < 4.78 is 25.5. The Morgan fingerprint density at radius 3 is 1.71 bits per heavy atom. The maximum absolute atomic E-state index is 12.3. The van der Waals surface area contributed by atoms with Gasteiger partial charge in [-0.1, -0.05) is 74.5 Å². The van der Waals surface area contributed by atoms with Gasteiger partial charge in [-0.05, 0) is 23.5 Å². The molecular formula is C23H24O8. The predicted molar refractivity (Wildman–Crippen MR) is 107 cm³/mol. The van der Waals surface area contributed by atoms with Gasteiger partial charge in [0.05, 0.1) is 0 Å². The zero-order chi connectivity index (χ0) is 22.3. The quantitative estimate of drug-likeness (QED) is 0.343. The number of ether oxygens (including phenoxy) is 5. The van der Waals surface area contributed by atoms with Crippen LogP contribution < -0.4 is 0 Å². The van der Waals surface area contributed by atoms with Crippen LogP contribution in [0.5, 0.6) is 0 Å². The lowest BCUT2D eigenvalue weighted by Gasteiger charge is -2.43. The molecule has 1 aliphatic rings. The van der Waals surface area contributed by atoms with Gasteiger partial charge in [-0.2, -0.15) is 0 Å². The Hall–Kier alpha value is -3.55. The third-order valence-electron chi connectivity index (χ3n) is 4.51. The summed E-state index contributed by atoms with van der Waals surface area (Å²) in [5, 5.41) is 0. The van der Waals surface area contributed by atoms with Crippen LogP contribution in [-0.2, 0) is 41.7 Å². The number of rotatable bonds is 8. The van der Waals surface area contributed by atoms with Gasteiger partial charge >= 0.3 is 24.3 Å². The van der Waals surface area contributed by atoms with E-state index in [0.717, 1.165) is 11.1 Å². The molecule has 1 aliphatic heterocycles. The molecule has 1 atom stereocenters. The Morgan fingerprint density at radius 2 is 1.32 bits per heavy atom. The number of esters is 1. The molecule has 164 valence electrons. The van der Waals surface area contributed by atoms with Gasteiger partial charge < -0.3 is 23.7 Å². The fourth-order valence-corrected chi connectivity index (χ4v) is 3.01. The van der Waals surface area contributed by atoms with Crippen LogP contribution in [-0.4, -0.2) is 24.3 Å². The largest absolute Gasteiger partial charge is 0.514 e. The molecule has 0 spiro atoms. The minimum atomic E-state index is -2.22. The van der Waals surface area contributed by atoms with Gasteiger partial charge in [0.2, 0.25) is 0 Å². The normalized spacial score (nSPS) is 16.6. The van der Waals surface area contributed by atoms with E-state index in [1.54, 1.807) is 48.5 Å². The molecule has 0 aromatic heterocycles. The van der Waals surface area contributed by atoms with Crippen molar-refractivity contribution >= 4 is 18.3 Å². The van der Waals surface area contributed by atoms with Crippen molar-refractivity contribution in [3.63, 3.8) is 0 Å². The molecular weight excluding hydrogens is 404 g/mol. The zero-order valence-corrected chi connectivity index (χ0v) is 17.3. The van der Waals surface area contributed by atoms with Crippen LogP contribution in [0.1, 0.15) is 31.4 Å². The van der Waals surface area contributed by atoms with E-state index in [0.29, 0.717) is 0 Å². The van der Waals surface area contributed by atoms with E-state index >= 15 is 0 Å². The predicted octanol–water partition coefficient (Wildman–Crippen LogP) is 4.57. The molecule has 0 aliphatic carbocycles. The van der Waals surface area contributed by atoms with Crippen molar-refractivity contribution < 1.29 is 38.1 Å². The Kier molecular flexibility index (Phi) is 7.12. The summed E-state index contributed by atoms with van der Waals surface area (Å²) in [7, 11) is 0. The highest BCUT2D eigenvalue weighted by atomic mass is 17.0. The van der Waals surface area contributed by atoms with Gasteiger partial charge in [-0.3, -0.25) is 4.79 Å². The molecule has 1 heterocycles. The third-order valence-corrected chi connectivity index (χ3v) is 4.51. The first kappa shape index (κ1) is 22.1. The van der Waals surface area contributed by atoms with Crippen molar-refractivity contribution in [1.82, 2.24) is 0 Å². The molecule has 0 amide bonds. The minimum Gasteiger partial charge on any atom is -0.429 e. The van der Waals surface area contributed by atoms with Gasteiger partial charge in [-0.15, -0.1) is 0 Å². The molecule has 31 heavy (non-hydrogen) atoms. The Bertz CT molecular complexity index is 837. The van der Waals surface area contributed by atoms with Crippen LogP contribution in [0, 0.1) is 11.8 Å². The molecule has 2 aromatic carbocycles. The molecule has 0 radical (unpaired) electrons. The van der Waals surface area contributed by atoms with E-state index in [4.69, 9.17) is 23.7 Å². The standard InChI is InChI=1S/C23H24O8/c1-16(2)13-19-20(24)29-23(19,30-21(25)27-14-17-9-5-3-6-10-17)31-22(26)28-15-18-11-7-4-8-12-18/h3-12,16,19H,13-15H2,1-2H3/t19-/m1/s1. The zero-order valence-electron chi connectivity index (χ0n) is 17.3. The highest BCUT2D eigenvalue weighted by molar-refractivity contribution is 5.81. The average Bonchev–Trinajstić information content (AvgIpc) is 2.76. The lowest BCUT2D eigenvalue weighted by molar-refractivity contribution is -0.391. The molecule has 8 nitrogen and oxygen atoms in total. The molecule has 8 heteroatoms. The molecule has 3 rings (SSSR count). The van der Waals surface area contributed by atoms with Crippen LogP contribution in [0.15, 0.2) is 60.7 Å². The van der Waals surface area contributed by atoms with Gasteiger partial charge in [0.15, 0.2) is 5.92 Å². The molecule has 0 bridgehead atoms. The van der Waals surface area contributed by atoms with Crippen LogP contribution in [0.25, 0.3) is 0 Å². The second-order valence-electron chi connectivity index (χ2n) is 7.46. The van der Waals surface area contributed by atoms with Crippen molar-refractivity contribution in [2.45, 2.75) is 39.5 Å². The summed E-state index contributed by atoms with van der Waals surface area (Å²) in [6, 6.07) is 17.9. The monoisotopic (exact) mass is 428 g/mol. The second kappa shape index (κ2) is 9.97. The SMILES string of the molecule is CC(C)C[C@@H]1C(=O)OC1(OC(=O)OCc1ccccc1)OC(=O)OCc1ccccc1. The summed E-state index contributed by atoms with van der Waals surface area (Å²) in [5.74, 6) is -3.80. The number of benzene rings is 2. The van der Waals surface area contributed by atoms with Gasteiger partial charge in [0, 0.05) is 0 Å². The first-order valence-electron chi connectivity index (χ1n) is 9.90. The van der Waals surface area contributed by atoms with Crippen LogP contribution >= 0.6 is 0 Å². The summed E-state index contributed by atoms with van der Waals surface area (Å²) in [5.41, 5.74) is 1.47. The van der Waals surface area contributed by atoms with Crippen molar-refractivity contribution in [2.24, 2.45) is 11.8 Å². The highest BCUT2D eigenvalue weighted by Crippen LogP contribution is 2.41. The molecule has 1 fully saturated rings. The summed E-state index contributed by atoms with van der Waals surface area (Å²) in [4.78, 5) is 36.5. The van der Waals surface area contributed by atoms with Crippen molar-refractivity contribution in [2.75, 3.05) is 0 Å². The van der Waals surface area contributed by atoms with Gasteiger partial charge in [0.25, 0.3) is 0 Å². The fourth-order valence-electron chi connectivity index (χ4n) is 3.01. The van der Waals surface area contributed by atoms with Crippen LogP contribution in [0.4, 0.5) is 9.59 Å². The number of carbonyl (C=O) groups is 3. The summed E-state index contributed by atoms with van der Waals surface area (Å²) in [6.07, 6.45) is -2.00.